The van der Waals surface area contributed by atoms with Crippen LogP contribution in [-0.2, 0) is 4.79 Å². The van der Waals surface area contributed by atoms with Crippen LogP contribution in [0.25, 0.3) is 10.6 Å². The molecule has 2 N–H and O–H groups in total. The minimum atomic E-state index is -0.373. The van der Waals surface area contributed by atoms with Crippen molar-refractivity contribution in [1.82, 2.24) is 4.98 Å². The number of amides is 2. The highest BCUT2D eigenvalue weighted by Crippen LogP contribution is 2.29. The molecule has 7 heteroatoms. The van der Waals surface area contributed by atoms with Crippen LogP contribution >= 0.6 is 11.3 Å². The molecule has 0 spiro atoms. The molecular formula is C19H16FN3O2S. The summed E-state index contributed by atoms with van der Waals surface area (Å²) < 4.78 is 13.9. The van der Waals surface area contributed by atoms with Crippen molar-refractivity contribution in [2.24, 2.45) is 0 Å². The van der Waals surface area contributed by atoms with Gasteiger partial charge in [-0.25, -0.2) is 9.37 Å². The van der Waals surface area contributed by atoms with Gasteiger partial charge in [0, 0.05) is 28.7 Å². The number of anilines is 2. The van der Waals surface area contributed by atoms with Gasteiger partial charge < -0.3 is 10.6 Å². The van der Waals surface area contributed by atoms with Gasteiger partial charge in [0.25, 0.3) is 5.91 Å². The number of thiazole rings is 1. The maximum Gasteiger partial charge on any atom is 0.275 e. The Hall–Kier alpha value is -3.06. The number of nitrogens with zero attached hydrogens (tertiary/aromatic N) is 1. The summed E-state index contributed by atoms with van der Waals surface area (Å²) >= 11 is 1.27. The lowest BCUT2D eigenvalue weighted by Crippen LogP contribution is -2.13. The Morgan fingerprint density at radius 3 is 2.23 bits per heavy atom. The first-order valence-corrected chi connectivity index (χ1v) is 8.67. The molecule has 0 aliphatic rings. The van der Waals surface area contributed by atoms with Gasteiger partial charge in [-0.15, -0.1) is 11.3 Å². The highest BCUT2D eigenvalue weighted by molar-refractivity contribution is 7.15. The third-order valence-corrected chi connectivity index (χ3v) is 4.58. The van der Waals surface area contributed by atoms with E-state index in [1.54, 1.807) is 49.4 Å². The zero-order valence-corrected chi connectivity index (χ0v) is 15.0. The van der Waals surface area contributed by atoms with Gasteiger partial charge in [0.2, 0.25) is 5.91 Å². The predicted octanol–water partition coefficient (Wildman–Crippen LogP) is 4.47. The van der Waals surface area contributed by atoms with Crippen molar-refractivity contribution in [3.63, 3.8) is 0 Å². The molecule has 0 saturated carbocycles. The van der Waals surface area contributed by atoms with E-state index in [4.69, 9.17) is 0 Å². The summed E-state index contributed by atoms with van der Waals surface area (Å²) in [5.74, 6) is -0.907. The predicted molar refractivity (Wildman–Crippen MR) is 101 cm³/mol. The number of nitrogens with one attached hydrogen (secondary N) is 2. The van der Waals surface area contributed by atoms with E-state index < -0.39 is 0 Å². The van der Waals surface area contributed by atoms with Crippen LogP contribution in [0.1, 0.15) is 22.3 Å². The van der Waals surface area contributed by atoms with Crippen molar-refractivity contribution < 1.29 is 14.0 Å². The molecule has 0 saturated heterocycles. The molecule has 0 aliphatic carbocycles. The minimum absolute atomic E-state index is 0.166. The molecule has 2 amide bonds. The number of aryl methyl sites for hydroxylation is 1. The number of aromatic nitrogens is 1. The average Bonchev–Trinajstić information content (AvgIpc) is 2.98. The van der Waals surface area contributed by atoms with Crippen LogP contribution < -0.4 is 10.6 Å². The maximum absolute atomic E-state index is 13.9. The van der Waals surface area contributed by atoms with E-state index >= 15 is 0 Å². The Bertz CT molecular complexity index is 967. The van der Waals surface area contributed by atoms with E-state index in [9.17, 15) is 14.0 Å². The van der Waals surface area contributed by atoms with Crippen LogP contribution in [0.3, 0.4) is 0 Å². The van der Waals surface area contributed by atoms with Gasteiger partial charge in [-0.2, -0.15) is 0 Å². The average molecular weight is 369 g/mol. The Morgan fingerprint density at radius 1 is 1.00 bits per heavy atom. The van der Waals surface area contributed by atoms with Crippen LogP contribution in [0.4, 0.5) is 15.8 Å². The van der Waals surface area contributed by atoms with Gasteiger partial charge in [0.1, 0.15) is 16.5 Å². The largest absolute Gasteiger partial charge is 0.326 e. The number of halogens is 1. The fraction of sp³-hybridized carbons (Fsp3) is 0.105. The molecule has 0 fully saturated rings. The van der Waals surface area contributed by atoms with Crippen molar-refractivity contribution in [2.75, 3.05) is 10.6 Å². The molecule has 26 heavy (non-hydrogen) atoms. The number of benzene rings is 2. The molecule has 3 rings (SSSR count). The molecule has 2 aromatic carbocycles. The van der Waals surface area contributed by atoms with E-state index in [1.807, 2.05) is 0 Å². The summed E-state index contributed by atoms with van der Waals surface area (Å²) in [6.07, 6.45) is 0. The van der Waals surface area contributed by atoms with Crippen molar-refractivity contribution in [1.29, 1.82) is 0 Å². The lowest BCUT2D eigenvalue weighted by Gasteiger charge is -2.06. The van der Waals surface area contributed by atoms with Crippen molar-refractivity contribution in [3.8, 4) is 10.6 Å². The first-order valence-electron chi connectivity index (χ1n) is 7.85. The highest BCUT2D eigenvalue weighted by atomic mass is 32.1. The zero-order chi connectivity index (χ0) is 18.7. The normalized spacial score (nSPS) is 10.4. The van der Waals surface area contributed by atoms with E-state index in [2.05, 4.69) is 15.6 Å². The monoisotopic (exact) mass is 369 g/mol. The fourth-order valence-corrected chi connectivity index (χ4v) is 3.32. The SMILES string of the molecule is CC(=O)Nc1ccc(NC(=O)c2nc(-c3ccccc3F)sc2C)cc1. The Morgan fingerprint density at radius 2 is 1.62 bits per heavy atom. The van der Waals surface area contributed by atoms with Crippen LogP contribution in [0.5, 0.6) is 0 Å². The lowest BCUT2D eigenvalue weighted by molar-refractivity contribution is -0.114. The van der Waals surface area contributed by atoms with Crippen LogP contribution in [-0.4, -0.2) is 16.8 Å². The van der Waals surface area contributed by atoms with E-state index in [0.717, 1.165) is 0 Å². The lowest BCUT2D eigenvalue weighted by atomic mass is 10.2. The Kier molecular flexibility index (Phi) is 5.09. The molecule has 3 aromatic rings. The Labute approximate surface area is 153 Å². The molecule has 0 unspecified atom stereocenters. The smallest absolute Gasteiger partial charge is 0.275 e. The number of rotatable bonds is 4. The van der Waals surface area contributed by atoms with Gasteiger partial charge in [-0.05, 0) is 43.3 Å². The summed E-state index contributed by atoms with van der Waals surface area (Å²) in [6, 6.07) is 13.1. The molecular weight excluding hydrogens is 353 g/mol. The molecule has 5 nitrogen and oxygen atoms in total. The molecule has 0 radical (unpaired) electrons. The van der Waals surface area contributed by atoms with Gasteiger partial charge in [0.05, 0.1) is 0 Å². The number of carbonyl (C=O) groups excluding carboxylic acids is 2. The van der Waals surface area contributed by atoms with Gasteiger partial charge >= 0.3 is 0 Å². The first kappa shape index (κ1) is 17.8. The minimum Gasteiger partial charge on any atom is -0.326 e. The summed E-state index contributed by atoms with van der Waals surface area (Å²) in [5.41, 5.74) is 1.85. The van der Waals surface area contributed by atoms with Gasteiger partial charge in [-0.1, -0.05) is 12.1 Å². The van der Waals surface area contributed by atoms with Crippen LogP contribution in [0.2, 0.25) is 0 Å². The second kappa shape index (κ2) is 7.45. The highest BCUT2D eigenvalue weighted by Gasteiger charge is 2.18. The second-order valence-electron chi connectivity index (χ2n) is 5.62. The molecule has 1 heterocycles. The standard InChI is InChI=1S/C19H16FN3O2S/c1-11-17(23-19(26-11)15-5-3-4-6-16(15)20)18(25)22-14-9-7-13(8-10-14)21-12(2)24/h3-10H,1-2H3,(H,21,24)(H,22,25). The number of hydrogen-bond acceptors (Lipinski definition) is 4. The molecule has 132 valence electrons. The number of hydrogen-bond donors (Lipinski definition) is 2. The molecule has 0 aliphatic heterocycles. The molecule has 0 bridgehead atoms. The van der Waals surface area contributed by atoms with Crippen molar-refractivity contribution >= 4 is 34.5 Å². The summed E-state index contributed by atoms with van der Waals surface area (Å²) in [5, 5.41) is 5.88. The van der Waals surface area contributed by atoms with E-state index in [-0.39, 0.29) is 23.3 Å². The fourth-order valence-electron chi connectivity index (χ4n) is 2.39. The summed E-state index contributed by atoms with van der Waals surface area (Å²) in [6.45, 7) is 3.20. The van der Waals surface area contributed by atoms with E-state index in [0.29, 0.717) is 26.8 Å². The third kappa shape index (κ3) is 3.94. The second-order valence-corrected chi connectivity index (χ2v) is 6.82. The summed E-state index contributed by atoms with van der Waals surface area (Å²) in [4.78, 5) is 28.5. The summed E-state index contributed by atoms with van der Waals surface area (Å²) in [7, 11) is 0. The van der Waals surface area contributed by atoms with Crippen LogP contribution in [0.15, 0.2) is 48.5 Å². The van der Waals surface area contributed by atoms with Crippen molar-refractivity contribution in [2.45, 2.75) is 13.8 Å². The molecule has 0 atom stereocenters. The van der Waals surface area contributed by atoms with Gasteiger partial charge in [0.15, 0.2) is 0 Å². The maximum atomic E-state index is 13.9. The Balaban J connectivity index is 1.78. The quantitative estimate of drug-likeness (QED) is 0.713. The topological polar surface area (TPSA) is 71.1 Å². The van der Waals surface area contributed by atoms with Crippen molar-refractivity contribution in [3.05, 3.63) is 64.9 Å². The van der Waals surface area contributed by atoms with Crippen LogP contribution in [0, 0.1) is 12.7 Å². The van der Waals surface area contributed by atoms with Gasteiger partial charge in [-0.3, -0.25) is 9.59 Å². The van der Waals surface area contributed by atoms with E-state index in [1.165, 1.54) is 24.3 Å². The molecule has 1 aromatic heterocycles. The number of carbonyl (C=O) groups is 2. The third-order valence-electron chi connectivity index (χ3n) is 3.58. The first-order chi connectivity index (χ1) is 12.4. The zero-order valence-electron chi connectivity index (χ0n) is 14.2.